The highest BCUT2D eigenvalue weighted by atomic mass is 35.5. The summed E-state index contributed by atoms with van der Waals surface area (Å²) in [7, 11) is 0. The maximum absolute atomic E-state index is 14.7. The number of nitrogens with zero attached hydrogens (tertiary/aromatic N) is 5. The molecule has 4 aromatic carbocycles. The highest BCUT2D eigenvalue weighted by Crippen LogP contribution is 2.49. The zero-order valence-corrected chi connectivity index (χ0v) is 69.8. The summed E-state index contributed by atoms with van der Waals surface area (Å²) in [5.74, 6) is -5.61. The second-order valence-corrected chi connectivity index (χ2v) is 34.6. The molecule has 8 heterocycles. The average Bonchev–Trinajstić information content (AvgIpc) is 1.57. The van der Waals surface area contributed by atoms with E-state index in [1.807, 2.05) is 85.0 Å². The van der Waals surface area contributed by atoms with Crippen LogP contribution in [0.1, 0.15) is 190 Å². The van der Waals surface area contributed by atoms with Gasteiger partial charge in [0.1, 0.15) is 76.3 Å². The van der Waals surface area contributed by atoms with Crippen LogP contribution in [0.5, 0.6) is 0 Å². The number of hydrogen-bond acceptors (Lipinski definition) is 17. The van der Waals surface area contributed by atoms with Gasteiger partial charge in [0.05, 0.1) is 32.2 Å². The van der Waals surface area contributed by atoms with Crippen molar-refractivity contribution in [1.29, 1.82) is 0 Å². The molecule has 8 N–H and O–H groups in total. The SMILES string of the molecule is CC(C)(C)OC(=O)N[C@@H]1CCCCC/C=C\[C@@H]2C[C@@]2(C(=O)O)NC(=O)[C@@H]2C[C@@H](OC(=O)N3Cc4cccc(F)c4C3)CN2C1=O.CC(C)(C)OC(=O)N[C@H]1CCCCC/C=C\[C@@H]2C[C@@]2(C(=O)N2CCC[C@H]2C(=O)NCc2ccccc2)NC(=O)[C@@H]2C[C@@H](OC(=O)N3Cc4cccc(F)c4C3)CN2C1=O.Cl.O=C(NCc1ccccc1)C1CCCN1. The fourth-order valence-electron chi connectivity index (χ4n) is 16.9. The Kier molecular flexibility index (Phi) is 29.8. The Hall–Kier alpha value is -10.7. The lowest BCUT2D eigenvalue weighted by atomic mass is 10.0. The number of rotatable bonds is 12. The first-order valence-corrected chi connectivity index (χ1v) is 41.8. The molecule has 12 atom stereocenters. The van der Waals surface area contributed by atoms with Crippen LogP contribution in [0.2, 0.25) is 0 Å². The molecule has 0 aromatic heterocycles. The molecular formula is C88H113ClF2N12O17. The number of carboxylic acids is 1. The van der Waals surface area contributed by atoms with Crippen molar-refractivity contribution in [3.05, 3.63) is 166 Å². The average molecular weight is 1680 g/mol. The summed E-state index contributed by atoms with van der Waals surface area (Å²) in [4.78, 5) is 168. The van der Waals surface area contributed by atoms with Crippen LogP contribution in [0.15, 0.2) is 121 Å². The fourth-order valence-corrected chi connectivity index (χ4v) is 16.9. The van der Waals surface area contributed by atoms with Crippen LogP contribution in [-0.2, 0) is 96.6 Å². The zero-order valence-electron chi connectivity index (χ0n) is 69.0. The molecule has 2 saturated carbocycles. The predicted octanol–water partition coefficient (Wildman–Crippen LogP) is 9.94. The number of allylic oxidation sites excluding steroid dienone is 2. The van der Waals surface area contributed by atoms with Gasteiger partial charge in [0.2, 0.25) is 41.4 Å². The van der Waals surface area contributed by atoms with E-state index >= 15 is 0 Å². The molecule has 0 bridgehead atoms. The second kappa shape index (κ2) is 39.7. The third-order valence-electron chi connectivity index (χ3n) is 23.3. The maximum atomic E-state index is 14.7. The van der Waals surface area contributed by atoms with Crippen molar-refractivity contribution >= 4 is 84.1 Å². The molecule has 32 heteroatoms. The second-order valence-electron chi connectivity index (χ2n) is 34.6. The number of carboxylic acid groups (broad SMARTS) is 1. The van der Waals surface area contributed by atoms with Gasteiger partial charge in [-0.1, -0.05) is 135 Å². The number of benzene rings is 4. The number of likely N-dealkylation sites (tertiary alicyclic amines) is 1. The number of ether oxygens (including phenoxy) is 4. The molecule has 4 aromatic rings. The normalized spacial score (nSPS) is 27.1. The number of carbonyl (C=O) groups excluding carboxylic acids is 11. The molecule has 8 aliphatic heterocycles. The number of aliphatic carboxylic acids is 1. The van der Waals surface area contributed by atoms with Crippen LogP contribution in [0.3, 0.4) is 0 Å². The molecule has 4 saturated heterocycles. The summed E-state index contributed by atoms with van der Waals surface area (Å²) in [6.45, 7) is 12.6. The molecule has 648 valence electrons. The molecule has 29 nitrogen and oxygen atoms in total. The molecule has 11 amide bonds. The lowest BCUT2D eigenvalue weighted by molar-refractivity contribution is -0.145. The third-order valence-corrected chi connectivity index (χ3v) is 23.3. The van der Waals surface area contributed by atoms with Crippen molar-refractivity contribution in [1.82, 2.24) is 61.7 Å². The van der Waals surface area contributed by atoms with Gasteiger partial charge in [-0.3, -0.25) is 43.4 Å². The quantitative estimate of drug-likeness (QED) is 0.0483. The van der Waals surface area contributed by atoms with Gasteiger partial charge in [0.15, 0.2) is 0 Å². The van der Waals surface area contributed by atoms with Crippen LogP contribution in [0.25, 0.3) is 0 Å². The predicted molar refractivity (Wildman–Crippen MR) is 438 cm³/mol. The minimum absolute atomic E-state index is 0. The molecule has 14 rings (SSSR count). The molecule has 10 aliphatic rings. The fraction of sp³-hybridized carbons (Fsp3) is 0.545. The summed E-state index contributed by atoms with van der Waals surface area (Å²) in [5.41, 5.74) is -0.243. The Bertz CT molecular complexity index is 4470. The number of halogens is 3. The van der Waals surface area contributed by atoms with E-state index in [-0.39, 0.29) is 119 Å². The van der Waals surface area contributed by atoms with Gasteiger partial charge in [-0.25, -0.2) is 32.8 Å². The van der Waals surface area contributed by atoms with Crippen LogP contribution in [-0.4, -0.2) is 198 Å². The van der Waals surface area contributed by atoms with Crippen molar-refractivity contribution in [3.8, 4) is 0 Å². The zero-order chi connectivity index (χ0) is 84.9. The Labute approximate surface area is 704 Å². The first kappa shape index (κ1) is 90.1. The third kappa shape index (κ3) is 22.9. The van der Waals surface area contributed by atoms with Crippen molar-refractivity contribution in [2.45, 2.75) is 267 Å². The molecule has 2 aliphatic carbocycles. The van der Waals surface area contributed by atoms with Crippen molar-refractivity contribution in [2.75, 3.05) is 26.2 Å². The van der Waals surface area contributed by atoms with Crippen LogP contribution in [0, 0.1) is 23.5 Å². The van der Waals surface area contributed by atoms with Gasteiger partial charge in [-0.2, -0.15) is 0 Å². The number of carbonyl (C=O) groups is 12. The van der Waals surface area contributed by atoms with Crippen LogP contribution < -0.4 is 37.2 Å². The van der Waals surface area contributed by atoms with E-state index in [2.05, 4.69) is 37.2 Å². The lowest BCUT2D eigenvalue weighted by Crippen LogP contribution is -2.59. The molecular weight excluding hydrogens is 1570 g/mol. The standard InChI is InChI=1S/C44H55FN6O8.C32H41FN4O8.C12H16N2O.ClH/c1-43(2,3)59-41(56)47-34-19-11-6-4-5-10-17-30-23-44(30,40(55)50-21-13-20-35(50)37(52)46-24-28-14-8-7-9-15-28)48-38(53)36-22-31(26-51(36)39(34)54)58-42(57)49-25-29-16-12-18-33(45)32(29)27-49;1-31(2,3)45-29(42)34-24-13-8-6-4-5-7-11-20-15-32(20,28(40)41)35-26(38)25-14-21(17-37(25)27(24)39)44-30(43)36-16-19-10-9-12-23(33)22(19)18-36;15-12(11-7-4-8-13-11)14-9-10-5-2-1-3-6-10;/h7-10,12,14-18,30-31,34-36H,4-6,11,13,19-27H2,1-3H3,(H,46,52)(H,47,56)(H,48,53);7,9-12,20-21,24-25H,4-6,8,13-18H2,1-3H3,(H,34,42)(H,35,38)(H,40,41);1-3,5-6,11,13H,4,7-9H2,(H,14,15);1H/b17-10-;11-7-;;/t30-,31-,34+,35+,36+,44-;20-,21-,24-,25+,32-;;/m11../s1. The van der Waals surface area contributed by atoms with Crippen LogP contribution >= 0.6 is 12.4 Å². The van der Waals surface area contributed by atoms with Crippen molar-refractivity contribution in [3.63, 3.8) is 0 Å². The van der Waals surface area contributed by atoms with E-state index in [0.717, 1.165) is 69.0 Å². The summed E-state index contributed by atoms with van der Waals surface area (Å²) in [5, 5.41) is 30.2. The van der Waals surface area contributed by atoms with Crippen molar-refractivity contribution in [2.24, 2.45) is 11.8 Å². The Morgan fingerprint density at radius 3 is 1.44 bits per heavy atom. The highest BCUT2D eigenvalue weighted by molar-refractivity contribution is 6.01. The van der Waals surface area contributed by atoms with E-state index in [1.54, 1.807) is 70.7 Å². The number of hydrogen-bond donors (Lipinski definition) is 8. The molecule has 120 heavy (non-hydrogen) atoms. The first-order valence-electron chi connectivity index (χ1n) is 41.8. The topological polar surface area (TPSA) is 362 Å². The van der Waals surface area contributed by atoms with Gasteiger partial charge in [-0.05, 0) is 160 Å². The number of nitrogens with one attached hydrogen (secondary N) is 7. The van der Waals surface area contributed by atoms with Crippen LogP contribution in [0.4, 0.5) is 28.0 Å². The molecule has 6 fully saturated rings. The van der Waals surface area contributed by atoms with Gasteiger partial charge in [0.25, 0.3) is 0 Å². The Morgan fingerprint density at radius 1 is 0.533 bits per heavy atom. The summed E-state index contributed by atoms with van der Waals surface area (Å²) >= 11 is 0. The lowest BCUT2D eigenvalue weighted by Gasteiger charge is -2.32. The Balaban J connectivity index is 0.000000203. The van der Waals surface area contributed by atoms with Gasteiger partial charge in [-0.15, -0.1) is 12.4 Å². The van der Waals surface area contributed by atoms with Gasteiger partial charge < -0.3 is 76.0 Å². The molecule has 0 spiro atoms. The van der Waals surface area contributed by atoms with E-state index in [0.29, 0.717) is 74.0 Å². The molecule has 0 radical (unpaired) electrons. The van der Waals surface area contributed by atoms with E-state index in [9.17, 15) is 71.4 Å². The maximum Gasteiger partial charge on any atom is 0.410 e. The summed E-state index contributed by atoms with van der Waals surface area (Å²) in [6, 6.07) is 23.7. The minimum Gasteiger partial charge on any atom is -0.479 e. The number of amides is 11. The largest absolute Gasteiger partial charge is 0.479 e. The molecule has 1 unspecified atom stereocenters. The minimum atomic E-state index is -1.49. The number of alkyl carbamates (subject to hydrolysis) is 2. The van der Waals surface area contributed by atoms with Crippen molar-refractivity contribution < 1.29 is 90.4 Å². The summed E-state index contributed by atoms with van der Waals surface area (Å²) < 4.78 is 51.4. The van der Waals surface area contributed by atoms with E-state index in [4.69, 9.17) is 18.9 Å². The highest BCUT2D eigenvalue weighted by Gasteiger charge is 2.64. The van der Waals surface area contributed by atoms with E-state index in [1.165, 1.54) is 31.7 Å². The Morgan fingerprint density at radius 2 is 0.992 bits per heavy atom. The first-order chi connectivity index (χ1) is 56.8. The van der Waals surface area contributed by atoms with Gasteiger partial charge >= 0.3 is 30.3 Å². The van der Waals surface area contributed by atoms with Gasteiger partial charge in [0, 0.05) is 68.5 Å². The monoisotopic (exact) mass is 1680 g/mol. The smallest absolute Gasteiger partial charge is 0.410 e. The summed E-state index contributed by atoms with van der Waals surface area (Å²) in [6.07, 6.45) is 12.8. The van der Waals surface area contributed by atoms with E-state index < -0.39 is 130 Å². The number of fused-ring (bicyclic) bond motifs is 6.